The molecule has 47 heavy (non-hydrogen) atoms. The Balaban J connectivity index is 1.39. The minimum Gasteiger partial charge on any atom is -0.440 e. The fraction of sp³-hybridized carbons (Fsp3) is 0.410. The van der Waals surface area contributed by atoms with Crippen LogP contribution in [-0.4, -0.2) is 62.6 Å². The summed E-state index contributed by atoms with van der Waals surface area (Å²) in [6.07, 6.45) is 5.13. The summed E-state index contributed by atoms with van der Waals surface area (Å²) in [5.41, 5.74) is 9.02. The molecule has 246 valence electrons. The lowest BCUT2D eigenvalue weighted by Gasteiger charge is -2.51. The van der Waals surface area contributed by atoms with E-state index in [2.05, 4.69) is 78.8 Å². The maximum Gasteiger partial charge on any atom is 0.405 e. The molecule has 1 aliphatic heterocycles. The molecule has 1 aromatic heterocycles. The average molecular weight is 634 g/mol. The number of amides is 2. The summed E-state index contributed by atoms with van der Waals surface area (Å²) in [4.78, 5) is 36.6. The van der Waals surface area contributed by atoms with Crippen LogP contribution in [0.1, 0.15) is 74.1 Å². The Hall–Kier alpha value is -4.43. The number of rotatable bonds is 8. The van der Waals surface area contributed by atoms with Gasteiger partial charge < -0.3 is 19.9 Å². The molecular weight excluding hydrogens is 586 g/mol. The van der Waals surface area contributed by atoms with Gasteiger partial charge in [0, 0.05) is 43.2 Å². The van der Waals surface area contributed by atoms with Crippen molar-refractivity contribution in [3.63, 3.8) is 0 Å². The molecule has 3 aromatic carbocycles. The van der Waals surface area contributed by atoms with E-state index < -0.39 is 17.1 Å². The lowest BCUT2D eigenvalue weighted by atomic mass is 9.65. The van der Waals surface area contributed by atoms with Crippen LogP contribution in [0.3, 0.4) is 0 Å². The van der Waals surface area contributed by atoms with Gasteiger partial charge in [0.2, 0.25) is 0 Å². The van der Waals surface area contributed by atoms with Gasteiger partial charge in [0.1, 0.15) is 5.60 Å². The van der Waals surface area contributed by atoms with Gasteiger partial charge in [-0.05, 0) is 36.8 Å². The van der Waals surface area contributed by atoms with E-state index in [4.69, 9.17) is 15.5 Å². The van der Waals surface area contributed by atoms with Gasteiger partial charge in [-0.3, -0.25) is 9.69 Å². The highest BCUT2D eigenvalue weighted by atomic mass is 16.6. The maximum absolute atomic E-state index is 14.8. The first-order chi connectivity index (χ1) is 22.7. The number of imidazole rings is 1. The minimum atomic E-state index is -0.861. The molecule has 1 saturated heterocycles. The summed E-state index contributed by atoms with van der Waals surface area (Å²) in [5, 5.41) is 0. The van der Waals surface area contributed by atoms with Crippen LogP contribution in [0.4, 0.5) is 4.79 Å². The number of hydrogen-bond acceptors (Lipinski definition) is 5. The highest BCUT2D eigenvalue weighted by Crippen LogP contribution is 2.52. The Morgan fingerprint density at radius 1 is 0.894 bits per heavy atom. The molecule has 1 unspecified atom stereocenters. The average Bonchev–Trinajstić information content (AvgIpc) is 3.50. The fourth-order valence-electron chi connectivity index (χ4n) is 7.82. The molecule has 8 heteroatoms. The van der Waals surface area contributed by atoms with Crippen LogP contribution < -0.4 is 5.73 Å². The van der Waals surface area contributed by atoms with Gasteiger partial charge in [0.25, 0.3) is 5.91 Å². The van der Waals surface area contributed by atoms with E-state index in [9.17, 15) is 9.59 Å². The summed E-state index contributed by atoms with van der Waals surface area (Å²) in [6.45, 7) is 9.28. The first-order valence-electron chi connectivity index (χ1n) is 16.9. The van der Waals surface area contributed by atoms with Crippen LogP contribution in [0.15, 0.2) is 97.3 Å². The van der Waals surface area contributed by atoms with Crippen molar-refractivity contribution in [3.8, 4) is 11.3 Å². The van der Waals surface area contributed by atoms with Crippen molar-refractivity contribution in [3.05, 3.63) is 114 Å². The lowest BCUT2D eigenvalue weighted by molar-refractivity contribution is -0.122. The quantitative estimate of drug-likeness (QED) is 0.223. The number of nitrogens with two attached hydrogens (primary N) is 1. The van der Waals surface area contributed by atoms with Crippen molar-refractivity contribution in [2.45, 2.75) is 77.1 Å². The van der Waals surface area contributed by atoms with Gasteiger partial charge in [-0.2, -0.15) is 0 Å². The van der Waals surface area contributed by atoms with Gasteiger partial charge in [-0.25, -0.2) is 9.78 Å². The monoisotopic (exact) mass is 633 g/mol. The first-order valence-corrected chi connectivity index (χ1v) is 16.9. The van der Waals surface area contributed by atoms with Crippen LogP contribution in [0.5, 0.6) is 0 Å². The second-order valence-corrected chi connectivity index (χ2v) is 14.1. The molecule has 0 bridgehead atoms. The standard InChI is InChI=1S/C39H47N5O3/c1-38(2,3)39(47-37(40)46)22-14-13-21-33(39)44-28-41-34(35(44)31-19-11-6-12-20-31)36(45)43-24-23-42(26-30-17-9-5-10-18-30)27-32(43)25-29-15-7-4-8-16-29/h4-12,15-20,28,32-33H,13-14,21-27H2,1-3H3,(H2,40,46)/t32?,33-,39+/m0/s1. The van der Waals surface area contributed by atoms with Gasteiger partial charge in [0.15, 0.2) is 5.69 Å². The zero-order chi connectivity index (χ0) is 33.0. The third-order valence-corrected chi connectivity index (χ3v) is 10.1. The number of carbonyl (C=O) groups is 2. The number of benzene rings is 3. The Labute approximate surface area is 278 Å². The minimum absolute atomic E-state index is 0.0299. The van der Waals surface area contributed by atoms with Gasteiger partial charge in [-0.1, -0.05) is 118 Å². The SMILES string of the molecule is CC(C)(C)[C@@]1(OC(N)=O)CCCC[C@@H]1n1cnc(C(=O)N2CCN(Cc3ccccc3)CC2Cc2ccccc2)c1-c1ccccc1. The van der Waals surface area contributed by atoms with Crippen molar-refractivity contribution in [1.82, 2.24) is 19.4 Å². The maximum atomic E-state index is 14.8. The van der Waals surface area contributed by atoms with Crippen molar-refractivity contribution >= 4 is 12.0 Å². The number of nitrogens with zero attached hydrogens (tertiary/aromatic N) is 4. The molecule has 0 radical (unpaired) electrons. The van der Waals surface area contributed by atoms with E-state index in [1.165, 1.54) is 11.1 Å². The zero-order valence-corrected chi connectivity index (χ0v) is 27.8. The van der Waals surface area contributed by atoms with Crippen molar-refractivity contribution in [2.24, 2.45) is 11.1 Å². The van der Waals surface area contributed by atoms with Gasteiger partial charge in [0.05, 0.1) is 18.1 Å². The molecule has 3 atom stereocenters. The van der Waals surface area contributed by atoms with Crippen LogP contribution >= 0.6 is 0 Å². The normalized spacial score (nSPS) is 22.1. The van der Waals surface area contributed by atoms with Crippen LogP contribution in [0, 0.1) is 5.41 Å². The van der Waals surface area contributed by atoms with E-state index in [1.54, 1.807) is 6.33 Å². The molecule has 2 fully saturated rings. The van der Waals surface area contributed by atoms with Gasteiger partial charge >= 0.3 is 6.09 Å². The number of hydrogen-bond donors (Lipinski definition) is 1. The van der Waals surface area contributed by atoms with E-state index in [0.29, 0.717) is 18.7 Å². The molecule has 2 heterocycles. The Bertz CT molecular complexity index is 1650. The largest absolute Gasteiger partial charge is 0.440 e. The van der Waals surface area contributed by atoms with Crippen molar-refractivity contribution in [1.29, 1.82) is 0 Å². The van der Waals surface area contributed by atoms with E-state index in [-0.39, 0.29) is 18.0 Å². The molecule has 2 aliphatic rings. The Morgan fingerprint density at radius 3 is 2.17 bits per heavy atom. The van der Waals surface area contributed by atoms with E-state index >= 15 is 0 Å². The summed E-state index contributed by atoms with van der Waals surface area (Å²) in [5.74, 6) is -0.0733. The smallest absolute Gasteiger partial charge is 0.405 e. The van der Waals surface area contributed by atoms with Crippen LogP contribution in [0.2, 0.25) is 0 Å². The first kappa shape index (κ1) is 32.5. The summed E-state index contributed by atoms with van der Waals surface area (Å²) in [6, 6.07) is 30.7. The second kappa shape index (κ2) is 13.7. The van der Waals surface area contributed by atoms with E-state index in [0.717, 1.165) is 56.6 Å². The van der Waals surface area contributed by atoms with E-state index in [1.807, 2.05) is 47.4 Å². The fourth-order valence-corrected chi connectivity index (χ4v) is 7.82. The molecule has 4 aromatic rings. The summed E-state index contributed by atoms with van der Waals surface area (Å²) >= 11 is 0. The molecule has 1 saturated carbocycles. The zero-order valence-electron chi connectivity index (χ0n) is 27.8. The number of piperazine rings is 1. The van der Waals surface area contributed by atoms with Gasteiger partial charge in [-0.15, -0.1) is 0 Å². The number of ether oxygens (including phenoxy) is 1. The molecule has 6 rings (SSSR count). The van der Waals surface area contributed by atoms with Crippen molar-refractivity contribution in [2.75, 3.05) is 19.6 Å². The highest BCUT2D eigenvalue weighted by molar-refractivity contribution is 5.98. The number of carbonyl (C=O) groups excluding carboxylic acids is 2. The predicted octanol–water partition coefficient (Wildman–Crippen LogP) is 7.11. The molecule has 0 spiro atoms. The topological polar surface area (TPSA) is 93.7 Å². The summed E-state index contributed by atoms with van der Waals surface area (Å²) < 4.78 is 8.23. The Kier molecular flexibility index (Phi) is 9.50. The predicted molar refractivity (Wildman–Crippen MR) is 185 cm³/mol. The molecule has 1 aliphatic carbocycles. The second-order valence-electron chi connectivity index (χ2n) is 14.1. The Morgan fingerprint density at radius 2 is 1.53 bits per heavy atom. The van der Waals surface area contributed by atoms with Crippen LogP contribution in [-0.2, 0) is 17.7 Å². The lowest BCUT2D eigenvalue weighted by Crippen LogP contribution is -2.56. The molecule has 8 nitrogen and oxygen atoms in total. The molecule has 2 amide bonds. The highest BCUT2D eigenvalue weighted by Gasteiger charge is 2.54. The van der Waals surface area contributed by atoms with Crippen molar-refractivity contribution < 1.29 is 14.3 Å². The molecular formula is C39H47N5O3. The number of primary amides is 1. The third-order valence-electron chi connectivity index (χ3n) is 10.1. The molecule has 2 N–H and O–H groups in total. The van der Waals surface area contributed by atoms with Crippen LogP contribution in [0.25, 0.3) is 11.3 Å². The third kappa shape index (κ3) is 6.84. The summed E-state index contributed by atoms with van der Waals surface area (Å²) in [7, 11) is 0. The number of aromatic nitrogens is 2.